The van der Waals surface area contributed by atoms with Gasteiger partial charge in [-0.3, -0.25) is 4.79 Å². The standard InChI is InChI=1S/C26H39N5O2/c1-5-7-21(8-6-2)28-23-17-22(29-25(27)18-23)15-19-9-10-20(16-24(19)33-4)26(32)31-13-11-30(3)12-14-31/h9-10,16-18,21H,5-8,11-15H2,1-4H3,(H3,27,28,29). The SMILES string of the molecule is CCCC(CCC)Nc1cc(N)nc(Cc2ccc(C(=O)N3CCN(C)CC3)cc2OC)c1. The molecule has 0 unspecified atom stereocenters. The van der Waals surface area contributed by atoms with Gasteiger partial charge >= 0.3 is 0 Å². The van der Waals surface area contributed by atoms with Gasteiger partial charge in [-0.15, -0.1) is 0 Å². The first-order chi connectivity index (χ1) is 15.9. The lowest BCUT2D eigenvalue weighted by Crippen LogP contribution is -2.47. The molecule has 180 valence electrons. The molecule has 0 saturated carbocycles. The van der Waals surface area contributed by atoms with E-state index in [2.05, 4.69) is 42.2 Å². The van der Waals surface area contributed by atoms with Gasteiger partial charge in [0.25, 0.3) is 5.91 Å². The summed E-state index contributed by atoms with van der Waals surface area (Å²) in [5.41, 5.74) is 9.65. The van der Waals surface area contributed by atoms with Gasteiger partial charge in [-0.05, 0) is 38.1 Å². The Bertz CT molecular complexity index is 919. The van der Waals surface area contributed by atoms with Crippen LogP contribution in [0.3, 0.4) is 0 Å². The number of carbonyl (C=O) groups excluding carboxylic acids is 1. The molecule has 7 nitrogen and oxygen atoms in total. The van der Waals surface area contributed by atoms with Crippen molar-refractivity contribution in [3.05, 3.63) is 47.2 Å². The van der Waals surface area contributed by atoms with Crippen LogP contribution >= 0.6 is 0 Å². The molecule has 1 saturated heterocycles. The lowest BCUT2D eigenvalue weighted by Gasteiger charge is -2.32. The number of ether oxygens (including phenoxy) is 1. The van der Waals surface area contributed by atoms with E-state index in [0.717, 1.165) is 68.8 Å². The van der Waals surface area contributed by atoms with Crippen LogP contribution in [0.4, 0.5) is 11.5 Å². The van der Waals surface area contributed by atoms with Crippen molar-refractivity contribution in [1.29, 1.82) is 0 Å². The highest BCUT2D eigenvalue weighted by molar-refractivity contribution is 5.94. The molecule has 0 atom stereocenters. The lowest BCUT2D eigenvalue weighted by molar-refractivity contribution is 0.0663. The number of hydrogen-bond acceptors (Lipinski definition) is 6. The molecule has 0 aliphatic carbocycles. The number of pyridine rings is 1. The van der Waals surface area contributed by atoms with Crippen LogP contribution in [0.5, 0.6) is 5.75 Å². The fourth-order valence-corrected chi connectivity index (χ4v) is 4.42. The van der Waals surface area contributed by atoms with Crippen LogP contribution in [0.2, 0.25) is 0 Å². The molecule has 33 heavy (non-hydrogen) atoms. The molecule has 2 heterocycles. The van der Waals surface area contributed by atoms with Crippen LogP contribution in [0, 0.1) is 0 Å². The first-order valence-electron chi connectivity index (χ1n) is 12.1. The number of nitrogen functional groups attached to an aromatic ring is 1. The normalized spacial score (nSPS) is 14.5. The Labute approximate surface area is 198 Å². The Balaban J connectivity index is 1.76. The second kappa shape index (κ2) is 11.9. The van der Waals surface area contributed by atoms with E-state index >= 15 is 0 Å². The molecule has 1 aromatic heterocycles. The predicted octanol–water partition coefficient (Wildman–Crippen LogP) is 4.03. The van der Waals surface area contributed by atoms with Gasteiger partial charge in [0.15, 0.2) is 0 Å². The number of rotatable bonds is 10. The molecule has 2 aromatic rings. The van der Waals surface area contributed by atoms with Crippen molar-refractivity contribution >= 4 is 17.4 Å². The Morgan fingerprint density at radius 2 is 1.82 bits per heavy atom. The zero-order chi connectivity index (χ0) is 23.8. The molecule has 0 spiro atoms. The highest BCUT2D eigenvalue weighted by Crippen LogP contribution is 2.26. The number of hydrogen-bond donors (Lipinski definition) is 2. The summed E-state index contributed by atoms with van der Waals surface area (Å²) in [6, 6.07) is 10.1. The van der Waals surface area contributed by atoms with Crippen molar-refractivity contribution in [3.8, 4) is 5.75 Å². The minimum atomic E-state index is 0.0550. The van der Waals surface area contributed by atoms with Gasteiger partial charge in [-0.1, -0.05) is 32.8 Å². The van der Waals surface area contributed by atoms with E-state index in [0.29, 0.717) is 29.6 Å². The molecule has 1 aliphatic rings. The predicted molar refractivity (Wildman–Crippen MR) is 135 cm³/mol. The lowest BCUT2D eigenvalue weighted by atomic mass is 10.0. The summed E-state index contributed by atoms with van der Waals surface area (Å²) in [5, 5.41) is 3.64. The van der Waals surface area contributed by atoms with Crippen molar-refractivity contribution in [2.75, 3.05) is 51.4 Å². The third kappa shape index (κ3) is 6.84. The van der Waals surface area contributed by atoms with Crippen LogP contribution in [0.1, 0.15) is 61.1 Å². The van der Waals surface area contributed by atoms with Crippen molar-refractivity contribution in [2.24, 2.45) is 0 Å². The average molecular weight is 454 g/mol. The smallest absolute Gasteiger partial charge is 0.254 e. The zero-order valence-corrected chi connectivity index (χ0v) is 20.6. The first kappa shape index (κ1) is 24.8. The van der Waals surface area contributed by atoms with Crippen molar-refractivity contribution < 1.29 is 9.53 Å². The summed E-state index contributed by atoms with van der Waals surface area (Å²) in [4.78, 5) is 21.7. The molecular weight excluding hydrogens is 414 g/mol. The van der Waals surface area contributed by atoms with Crippen molar-refractivity contribution in [1.82, 2.24) is 14.8 Å². The van der Waals surface area contributed by atoms with Crippen LogP contribution in [0.15, 0.2) is 30.3 Å². The topological polar surface area (TPSA) is 83.7 Å². The average Bonchev–Trinajstić information content (AvgIpc) is 2.79. The van der Waals surface area contributed by atoms with Gasteiger partial charge in [0.05, 0.1) is 7.11 Å². The number of nitrogens with two attached hydrogens (primary N) is 1. The van der Waals surface area contributed by atoms with Gasteiger partial charge in [0.1, 0.15) is 11.6 Å². The number of likely N-dealkylation sites (N-methyl/N-ethyl adjacent to an activating group) is 1. The molecule has 1 aromatic carbocycles. The van der Waals surface area contributed by atoms with Gasteiger partial charge < -0.3 is 25.6 Å². The molecule has 3 N–H and O–H groups in total. The van der Waals surface area contributed by atoms with Gasteiger partial charge in [0, 0.05) is 67.2 Å². The maximum Gasteiger partial charge on any atom is 0.254 e. The highest BCUT2D eigenvalue weighted by Gasteiger charge is 2.21. The molecular formula is C26H39N5O2. The third-order valence-corrected chi connectivity index (χ3v) is 6.24. The van der Waals surface area contributed by atoms with Gasteiger partial charge in [-0.25, -0.2) is 4.98 Å². The number of aromatic nitrogens is 1. The molecule has 1 fully saturated rings. The molecule has 0 radical (unpaired) electrons. The minimum absolute atomic E-state index is 0.0550. The van der Waals surface area contributed by atoms with E-state index in [1.165, 1.54) is 0 Å². The second-order valence-corrected chi connectivity index (χ2v) is 8.99. The molecule has 1 aliphatic heterocycles. The zero-order valence-electron chi connectivity index (χ0n) is 20.6. The Morgan fingerprint density at radius 3 is 2.45 bits per heavy atom. The van der Waals surface area contributed by atoms with E-state index in [1.807, 2.05) is 29.2 Å². The number of anilines is 2. The maximum atomic E-state index is 13.0. The van der Waals surface area contributed by atoms with Crippen LogP contribution in [-0.2, 0) is 6.42 Å². The van der Waals surface area contributed by atoms with E-state index in [-0.39, 0.29) is 5.91 Å². The highest BCUT2D eigenvalue weighted by atomic mass is 16.5. The number of nitrogens with zero attached hydrogens (tertiary/aromatic N) is 3. The fraction of sp³-hybridized carbons (Fsp3) is 0.538. The van der Waals surface area contributed by atoms with E-state index in [4.69, 9.17) is 10.5 Å². The number of amides is 1. The molecule has 7 heteroatoms. The second-order valence-electron chi connectivity index (χ2n) is 8.99. The van der Waals surface area contributed by atoms with Crippen LogP contribution in [0.25, 0.3) is 0 Å². The molecule has 0 bridgehead atoms. The van der Waals surface area contributed by atoms with E-state index < -0.39 is 0 Å². The van der Waals surface area contributed by atoms with Crippen molar-refractivity contribution in [3.63, 3.8) is 0 Å². The molecule has 3 rings (SSSR count). The van der Waals surface area contributed by atoms with Crippen LogP contribution < -0.4 is 15.8 Å². The number of carbonyl (C=O) groups is 1. The van der Waals surface area contributed by atoms with Crippen LogP contribution in [-0.4, -0.2) is 67.1 Å². The summed E-state index contributed by atoms with van der Waals surface area (Å²) in [7, 11) is 3.72. The minimum Gasteiger partial charge on any atom is -0.496 e. The molecule has 1 amide bonds. The Hall–Kier alpha value is -2.80. The third-order valence-electron chi connectivity index (χ3n) is 6.24. The summed E-state index contributed by atoms with van der Waals surface area (Å²) >= 11 is 0. The van der Waals surface area contributed by atoms with E-state index in [1.54, 1.807) is 7.11 Å². The number of nitrogens with one attached hydrogen (secondary N) is 1. The van der Waals surface area contributed by atoms with Crippen molar-refractivity contribution in [2.45, 2.75) is 52.0 Å². The maximum absolute atomic E-state index is 13.0. The first-order valence-corrected chi connectivity index (χ1v) is 12.1. The summed E-state index contributed by atoms with van der Waals surface area (Å²) in [6.07, 6.45) is 5.12. The largest absolute Gasteiger partial charge is 0.496 e. The van der Waals surface area contributed by atoms with Gasteiger partial charge in [-0.2, -0.15) is 0 Å². The summed E-state index contributed by atoms with van der Waals surface area (Å²) in [5.74, 6) is 1.26. The Kier molecular flexibility index (Phi) is 8.95. The summed E-state index contributed by atoms with van der Waals surface area (Å²) < 4.78 is 5.65. The fourth-order valence-electron chi connectivity index (χ4n) is 4.42. The number of methoxy groups -OCH3 is 1. The number of piperazine rings is 1. The monoisotopic (exact) mass is 453 g/mol. The van der Waals surface area contributed by atoms with E-state index in [9.17, 15) is 4.79 Å². The Morgan fingerprint density at radius 1 is 1.12 bits per heavy atom. The summed E-state index contributed by atoms with van der Waals surface area (Å²) in [6.45, 7) is 7.71. The van der Waals surface area contributed by atoms with Gasteiger partial charge in [0.2, 0.25) is 0 Å². The number of benzene rings is 1. The quantitative estimate of drug-likeness (QED) is 0.565.